The third-order valence-corrected chi connectivity index (χ3v) is 2.66. The van der Waals surface area contributed by atoms with Crippen molar-refractivity contribution in [1.82, 2.24) is 19.7 Å². The van der Waals surface area contributed by atoms with E-state index in [4.69, 9.17) is 0 Å². The Balaban J connectivity index is 1.97. The van der Waals surface area contributed by atoms with Crippen LogP contribution in [0.4, 0.5) is 5.82 Å². The van der Waals surface area contributed by atoms with Gasteiger partial charge in [-0.05, 0) is 6.07 Å². The van der Waals surface area contributed by atoms with Crippen LogP contribution in [0.25, 0.3) is 0 Å². The zero-order valence-electron chi connectivity index (χ0n) is 9.69. The number of anilines is 1. The number of nitrogens with zero attached hydrogens (tertiary/aromatic N) is 6. The maximum Gasteiger partial charge on any atom is 0.255 e. The molecule has 0 saturated heterocycles. The molecule has 2 aromatic rings. The molecular formula is C11H10N6O. The van der Waals surface area contributed by atoms with Gasteiger partial charge in [-0.3, -0.25) is 14.5 Å². The fraction of sp³-hybridized carbons (Fsp3) is 0.182. The van der Waals surface area contributed by atoms with E-state index in [1.54, 1.807) is 17.1 Å². The lowest BCUT2D eigenvalue weighted by molar-refractivity contribution is -0.116. The predicted octanol–water partition coefficient (Wildman–Crippen LogP) is 0.351. The zero-order valence-corrected chi connectivity index (χ0v) is 9.69. The average molecular weight is 242 g/mol. The summed E-state index contributed by atoms with van der Waals surface area (Å²) in [7, 11) is 1.81. The van der Waals surface area contributed by atoms with Crippen LogP contribution in [-0.2, 0) is 11.8 Å². The Labute approximate surface area is 103 Å². The molecule has 90 valence electrons. The summed E-state index contributed by atoms with van der Waals surface area (Å²) in [5.74, 6) is 0.311. The van der Waals surface area contributed by atoms with Gasteiger partial charge in [0.15, 0.2) is 5.82 Å². The van der Waals surface area contributed by atoms with Gasteiger partial charge in [0.2, 0.25) is 0 Å². The van der Waals surface area contributed by atoms with Crippen molar-refractivity contribution in [3.63, 3.8) is 0 Å². The molecule has 3 heterocycles. The fourth-order valence-corrected chi connectivity index (χ4v) is 1.81. The van der Waals surface area contributed by atoms with E-state index in [-0.39, 0.29) is 12.3 Å². The number of hydrogen-bond acceptors (Lipinski definition) is 5. The summed E-state index contributed by atoms with van der Waals surface area (Å²) in [5, 5.41) is 9.61. The van der Waals surface area contributed by atoms with Gasteiger partial charge < -0.3 is 0 Å². The Morgan fingerprint density at radius 2 is 2.17 bits per heavy atom. The molecule has 0 N–H and O–H groups in total. The van der Waals surface area contributed by atoms with E-state index in [1.807, 2.05) is 13.1 Å². The largest absolute Gasteiger partial charge is 0.272 e. The molecule has 0 aliphatic carbocycles. The van der Waals surface area contributed by atoms with Crippen LogP contribution in [0.15, 0.2) is 36.0 Å². The lowest BCUT2D eigenvalue weighted by Gasteiger charge is -2.08. The molecule has 0 aromatic carbocycles. The first-order chi connectivity index (χ1) is 8.75. The lowest BCUT2D eigenvalue weighted by atomic mass is 10.2. The minimum absolute atomic E-state index is 0.119. The number of carbonyl (C=O) groups excluding carboxylic acids is 1. The van der Waals surface area contributed by atoms with Crippen LogP contribution in [0.3, 0.4) is 0 Å². The predicted molar refractivity (Wildman–Crippen MR) is 63.9 cm³/mol. The van der Waals surface area contributed by atoms with Crippen molar-refractivity contribution >= 4 is 17.4 Å². The quantitative estimate of drug-likeness (QED) is 0.761. The third-order valence-electron chi connectivity index (χ3n) is 2.66. The van der Waals surface area contributed by atoms with Crippen molar-refractivity contribution in [2.75, 3.05) is 5.01 Å². The smallest absolute Gasteiger partial charge is 0.255 e. The first kappa shape index (κ1) is 10.6. The molecule has 0 saturated carbocycles. The Kier molecular flexibility index (Phi) is 2.36. The molecule has 0 spiro atoms. The summed E-state index contributed by atoms with van der Waals surface area (Å²) in [6, 6.07) is 1.83. The van der Waals surface area contributed by atoms with E-state index in [0.29, 0.717) is 11.5 Å². The highest BCUT2D eigenvalue weighted by Gasteiger charge is 2.28. The second kappa shape index (κ2) is 4.02. The number of aromatic nitrogens is 4. The maximum absolute atomic E-state index is 11.9. The van der Waals surface area contributed by atoms with E-state index < -0.39 is 0 Å². The molecule has 7 nitrogen and oxygen atoms in total. The molecule has 2 aromatic heterocycles. The highest BCUT2D eigenvalue weighted by Crippen LogP contribution is 2.19. The normalized spacial score (nSPS) is 15.1. The second-order valence-corrected chi connectivity index (χ2v) is 3.83. The first-order valence-corrected chi connectivity index (χ1v) is 5.40. The van der Waals surface area contributed by atoms with Gasteiger partial charge in [0.25, 0.3) is 5.91 Å². The average Bonchev–Trinajstić information content (AvgIpc) is 2.96. The molecule has 1 amide bonds. The molecule has 18 heavy (non-hydrogen) atoms. The van der Waals surface area contributed by atoms with Crippen LogP contribution in [-0.4, -0.2) is 31.4 Å². The van der Waals surface area contributed by atoms with Crippen LogP contribution in [0.2, 0.25) is 0 Å². The molecule has 0 unspecified atom stereocenters. The number of rotatable bonds is 2. The van der Waals surface area contributed by atoms with Crippen molar-refractivity contribution in [1.29, 1.82) is 0 Å². The third kappa shape index (κ3) is 1.65. The van der Waals surface area contributed by atoms with E-state index in [9.17, 15) is 4.79 Å². The summed E-state index contributed by atoms with van der Waals surface area (Å²) < 4.78 is 1.69. The molecule has 3 rings (SSSR count). The van der Waals surface area contributed by atoms with E-state index >= 15 is 0 Å². The standard InChI is InChI=1S/C11H10N6O/c1-16-9(2-3-14-16)8-6-11(18)17(15-8)10-7-12-4-5-13-10/h2-5,7H,6H2,1H3. The minimum atomic E-state index is -0.119. The fourth-order valence-electron chi connectivity index (χ4n) is 1.81. The first-order valence-electron chi connectivity index (χ1n) is 5.40. The van der Waals surface area contributed by atoms with Crippen LogP contribution < -0.4 is 5.01 Å². The van der Waals surface area contributed by atoms with E-state index in [1.165, 1.54) is 17.4 Å². The molecular weight excluding hydrogens is 232 g/mol. The molecule has 0 bridgehead atoms. The summed E-state index contributed by atoms with van der Waals surface area (Å²) in [6.07, 6.45) is 6.51. The number of hydrogen-bond donors (Lipinski definition) is 0. The van der Waals surface area contributed by atoms with Gasteiger partial charge in [0.05, 0.1) is 24.0 Å². The van der Waals surface area contributed by atoms with Gasteiger partial charge in [-0.15, -0.1) is 0 Å². The minimum Gasteiger partial charge on any atom is -0.272 e. The second-order valence-electron chi connectivity index (χ2n) is 3.83. The maximum atomic E-state index is 11.9. The van der Waals surface area contributed by atoms with Crippen molar-refractivity contribution in [3.05, 3.63) is 36.5 Å². The van der Waals surface area contributed by atoms with Crippen LogP contribution in [0.5, 0.6) is 0 Å². The Hall–Kier alpha value is -2.57. The van der Waals surface area contributed by atoms with E-state index in [2.05, 4.69) is 20.2 Å². The zero-order chi connectivity index (χ0) is 12.5. The highest BCUT2D eigenvalue weighted by atomic mass is 16.2. The van der Waals surface area contributed by atoms with Gasteiger partial charge in [-0.1, -0.05) is 0 Å². The molecule has 7 heteroatoms. The topological polar surface area (TPSA) is 76.3 Å². The van der Waals surface area contributed by atoms with Gasteiger partial charge in [-0.25, -0.2) is 4.98 Å². The Morgan fingerprint density at radius 3 is 2.83 bits per heavy atom. The van der Waals surface area contributed by atoms with Gasteiger partial charge in [0.1, 0.15) is 0 Å². The van der Waals surface area contributed by atoms with Crippen LogP contribution >= 0.6 is 0 Å². The number of aryl methyl sites for hydroxylation is 1. The molecule has 1 aliphatic heterocycles. The summed E-state index contributed by atoms with van der Waals surface area (Å²) in [4.78, 5) is 19.9. The molecule has 1 aliphatic rings. The molecule has 0 fully saturated rings. The van der Waals surface area contributed by atoms with Crippen molar-refractivity contribution in [2.45, 2.75) is 6.42 Å². The van der Waals surface area contributed by atoms with Crippen molar-refractivity contribution < 1.29 is 4.79 Å². The number of carbonyl (C=O) groups is 1. The summed E-state index contributed by atoms with van der Waals surface area (Å²) >= 11 is 0. The summed E-state index contributed by atoms with van der Waals surface area (Å²) in [5.41, 5.74) is 1.51. The van der Waals surface area contributed by atoms with Crippen molar-refractivity contribution in [3.8, 4) is 0 Å². The lowest BCUT2D eigenvalue weighted by Crippen LogP contribution is -2.20. The SMILES string of the molecule is Cn1nccc1C1=NN(c2cnccn2)C(=O)C1. The molecule has 0 radical (unpaired) electrons. The highest BCUT2D eigenvalue weighted by molar-refractivity contribution is 6.18. The Morgan fingerprint density at radius 1 is 1.28 bits per heavy atom. The van der Waals surface area contributed by atoms with Crippen LogP contribution in [0.1, 0.15) is 12.1 Å². The molecule has 0 atom stereocenters. The van der Waals surface area contributed by atoms with Gasteiger partial charge >= 0.3 is 0 Å². The van der Waals surface area contributed by atoms with E-state index in [0.717, 1.165) is 5.69 Å². The summed E-state index contributed by atoms with van der Waals surface area (Å²) in [6.45, 7) is 0. The Bertz CT molecular complexity index is 617. The monoisotopic (exact) mass is 242 g/mol. The number of hydrazone groups is 1. The van der Waals surface area contributed by atoms with Crippen LogP contribution in [0, 0.1) is 0 Å². The van der Waals surface area contributed by atoms with Gasteiger partial charge in [0, 0.05) is 25.6 Å². The van der Waals surface area contributed by atoms with Gasteiger partial charge in [-0.2, -0.15) is 15.2 Å². The number of amides is 1. The van der Waals surface area contributed by atoms with Crippen molar-refractivity contribution in [2.24, 2.45) is 12.1 Å².